The van der Waals surface area contributed by atoms with E-state index in [1.165, 1.54) is 42.4 Å². The maximum atomic E-state index is 6.45. The Morgan fingerprint density at radius 1 is 1.00 bits per heavy atom. The number of rotatable bonds is 5. The highest BCUT2D eigenvalue weighted by atomic mass is 16.5. The highest BCUT2D eigenvalue weighted by molar-refractivity contribution is 5.82. The van der Waals surface area contributed by atoms with Crippen LogP contribution in [0.1, 0.15) is 104 Å². The monoisotopic (exact) mass is 370 g/mol. The minimum Gasteiger partial charge on any atom is -0.435 e. The van der Waals surface area contributed by atoms with Crippen LogP contribution in [0.2, 0.25) is 0 Å². The number of benzene rings is 1. The number of hydrogen-bond acceptors (Lipinski definition) is 1. The lowest BCUT2D eigenvalue weighted by molar-refractivity contribution is -0.601. The van der Waals surface area contributed by atoms with E-state index in [4.69, 9.17) is 4.74 Å². The first-order valence-electron chi connectivity index (χ1n) is 11.1. The molecule has 2 atom stereocenters. The van der Waals surface area contributed by atoms with Gasteiger partial charge in [0.1, 0.15) is 5.75 Å². The van der Waals surface area contributed by atoms with E-state index < -0.39 is 0 Å². The van der Waals surface area contributed by atoms with E-state index in [9.17, 15) is 0 Å². The number of nitrogens with zero attached hydrogens (tertiary/aromatic N) is 1. The Hall–Kier alpha value is -1.31. The van der Waals surface area contributed by atoms with E-state index in [2.05, 4.69) is 71.4 Å². The van der Waals surface area contributed by atoms with E-state index in [1.807, 2.05) is 0 Å². The summed E-state index contributed by atoms with van der Waals surface area (Å²) in [5.41, 5.74) is 4.42. The molecule has 0 spiro atoms. The zero-order valence-electron chi connectivity index (χ0n) is 18.7. The highest BCUT2D eigenvalue weighted by Crippen LogP contribution is 2.41. The Kier molecular flexibility index (Phi) is 5.75. The highest BCUT2D eigenvalue weighted by Gasteiger charge is 2.36. The lowest BCUT2D eigenvalue weighted by Gasteiger charge is -2.33. The van der Waals surface area contributed by atoms with Gasteiger partial charge in [0.15, 0.2) is 12.3 Å². The zero-order valence-corrected chi connectivity index (χ0v) is 18.7. The third-order valence-electron chi connectivity index (χ3n) is 7.55. The van der Waals surface area contributed by atoms with Gasteiger partial charge in [0.05, 0.1) is 5.56 Å². The molecule has 3 rings (SSSR count). The van der Waals surface area contributed by atoms with Crippen LogP contribution in [0.3, 0.4) is 0 Å². The summed E-state index contributed by atoms with van der Waals surface area (Å²) in [5, 5.41) is 0. The molecule has 150 valence electrons. The average Bonchev–Trinajstić information content (AvgIpc) is 2.66. The van der Waals surface area contributed by atoms with Crippen molar-refractivity contribution in [1.29, 1.82) is 0 Å². The first-order chi connectivity index (χ1) is 12.7. The normalized spacial score (nSPS) is 23.4. The van der Waals surface area contributed by atoms with E-state index in [-0.39, 0.29) is 10.8 Å². The van der Waals surface area contributed by atoms with Crippen LogP contribution in [0.15, 0.2) is 12.1 Å². The summed E-state index contributed by atoms with van der Waals surface area (Å²) in [5.74, 6) is 1.87. The smallest absolute Gasteiger partial charge is 0.287 e. The molecule has 27 heavy (non-hydrogen) atoms. The second kappa shape index (κ2) is 7.60. The molecule has 2 heteroatoms. The maximum Gasteiger partial charge on any atom is 0.287 e. The van der Waals surface area contributed by atoms with Gasteiger partial charge in [-0.2, -0.15) is 4.58 Å². The lowest BCUT2D eigenvalue weighted by atomic mass is 9.75. The zero-order chi connectivity index (χ0) is 19.8. The number of fused-ring (bicyclic) bond motifs is 1. The molecule has 2 aliphatic rings. The van der Waals surface area contributed by atoms with Crippen molar-refractivity contribution in [3.8, 4) is 5.75 Å². The van der Waals surface area contributed by atoms with Crippen LogP contribution in [0, 0.1) is 5.92 Å². The Morgan fingerprint density at radius 3 is 2.30 bits per heavy atom. The van der Waals surface area contributed by atoms with Crippen molar-refractivity contribution in [1.82, 2.24) is 0 Å². The van der Waals surface area contributed by atoms with Crippen LogP contribution in [-0.2, 0) is 10.8 Å². The van der Waals surface area contributed by atoms with E-state index in [1.54, 1.807) is 0 Å². The van der Waals surface area contributed by atoms with Crippen LogP contribution >= 0.6 is 0 Å². The van der Waals surface area contributed by atoms with Crippen molar-refractivity contribution < 1.29 is 9.31 Å². The van der Waals surface area contributed by atoms with Crippen molar-refractivity contribution in [2.24, 2.45) is 5.92 Å². The van der Waals surface area contributed by atoms with Crippen LogP contribution < -0.4 is 4.74 Å². The van der Waals surface area contributed by atoms with Crippen LogP contribution in [-0.4, -0.2) is 23.6 Å². The van der Waals surface area contributed by atoms with Crippen molar-refractivity contribution in [2.75, 3.05) is 6.73 Å². The van der Waals surface area contributed by atoms with Gasteiger partial charge in [-0.25, -0.2) is 0 Å². The molecule has 1 saturated carbocycles. The third-order valence-corrected chi connectivity index (χ3v) is 7.55. The molecule has 0 radical (unpaired) electrons. The lowest BCUT2D eigenvalue weighted by Crippen LogP contribution is -2.40. The van der Waals surface area contributed by atoms with Crippen molar-refractivity contribution in [2.45, 2.75) is 104 Å². The summed E-state index contributed by atoms with van der Waals surface area (Å²) in [4.78, 5) is 0. The van der Waals surface area contributed by atoms with Gasteiger partial charge < -0.3 is 4.74 Å². The number of hydrogen-bond donors (Lipinski definition) is 0. The standard InChI is InChI=1S/C25H40NO/c1-8-24(4,5)20-14-19-16-26(22-13-11-10-12-18(22)3)17-27-23(19)21(15-20)25(6,7)9-2/h14-16,18,22H,8-13,17H2,1-7H3/q+1. The second-order valence-corrected chi connectivity index (χ2v) is 10.2. The molecule has 0 amide bonds. The summed E-state index contributed by atoms with van der Waals surface area (Å²) in [6, 6.07) is 5.45. The van der Waals surface area contributed by atoms with Gasteiger partial charge in [-0.3, -0.25) is 0 Å². The molecule has 1 aromatic carbocycles. The van der Waals surface area contributed by atoms with Crippen molar-refractivity contribution in [3.63, 3.8) is 0 Å². The largest absolute Gasteiger partial charge is 0.435 e. The Bertz CT molecular complexity index is 713. The van der Waals surface area contributed by atoms with Gasteiger partial charge in [0, 0.05) is 17.9 Å². The van der Waals surface area contributed by atoms with Crippen molar-refractivity contribution in [3.05, 3.63) is 28.8 Å². The summed E-state index contributed by atoms with van der Waals surface area (Å²) >= 11 is 0. The van der Waals surface area contributed by atoms with Gasteiger partial charge in [-0.15, -0.1) is 0 Å². The van der Waals surface area contributed by atoms with Crippen LogP contribution in [0.5, 0.6) is 5.75 Å². The second-order valence-electron chi connectivity index (χ2n) is 10.2. The fraction of sp³-hybridized carbons (Fsp3) is 0.720. The molecule has 0 bridgehead atoms. The maximum absolute atomic E-state index is 6.45. The molecule has 0 aromatic heterocycles. The first kappa shape index (κ1) is 20.4. The number of ether oxygens (including phenoxy) is 1. The Labute approximate surface area is 167 Å². The quantitative estimate of drug-likeness (QED) is 0.545. The molecular weight excluding hydrogens is 330 g/mol. The van der Waals surface area contributed by atoms with E-state index in [0.717, 1.165) is 24.5 Å². The molecule has 1 heterocycles. The molecule has 2 unspecified atom stereocenters. The summed E-state index contributed by atoms with van der Waals surface area (Å²) in [7, 11) is 0. The first-order valence-corrected chi connectivity index (χ1v) is 11.1. The predicted octanol–water partition coefficient (Wildman–Crippen LogP) is 6.42. The third kappa shape index (κ3) is 3.96. The molecule has 2 nitrogen and oxygen atoms in total. The van der Waals surface area contributed by atoms with Gasteiger partial charge >= 0.3 is 0 Å². The van der Waals surface area contributed by atoms with Crippen molar-refractivity contribution >= 4 is 6.21 Å². The minimum absolute atomic E-state index is 0.123. The van der Waals surface area contributed by atoms with Gasteiger partial charge in [0.25, 0.3) is 6.73 Å². The molecule has 0 saturated heterocycles. The summed E-state index contributed by atoms with van der Waals surface area (Å²) < 4.78 is 8.94. The molecule has 1 aliphatic heterocycles. The summed E-state index contributed by atoms with van der Waals surface area (Å²) in [6.45, 7) is 17.1. The van der Waals surface area contributed by atoms with Gasteiger partial charge in [-0.05, 0) is 48.1 Å². The molecule has 1 aromatic rings. The fourth-order valence-corrected chi connectivity index (χ4v) is 4.53. The Morgan fingerprint density at radius 2 is 1.67 bits per heavy atom. The summed E-state index contributed by atoms with van der Waals surface area (Å²) in [6.07, 6.45) is 10.0. The van der Waals surface area contributed by atoms with Gasteiger partial charge in [-0.1, -0.05) is 61.0 Å². The fourth-order valence-electron chi connectivity index (χ4n) is 4.53. The Balaban J connectivity index is 2.11. The molecule has 1 fully saturated rings. The molecule has 1 aliphatic carbocycles. The minimum atomic E-state index is 0.123. The molecule has 0 N–H and O–H groups in total. The van der Waals surface area contributed by atoms with E-state index in [0.29, 0.717) is 12.8 Å². The molecular formula is C25H40NO+. The van der Waals surface area contributed by atoms with E-state index >= 15 is 0 Å². The average molecular weight is 371 g/mol. The predicted molar refractivity (Wildman–Crippen MR) is 115 cm³/mol. The van der Waals surface area contributed by atoms with Crippen LogP contribution in [0.25, 0.3) is 0 Å². The SMILES string of the molecule is CCC(C)(C)c1cc2c(c(C(C)(C)CC)c1)OC[N+](C1CCCCC1C)=C2. The topological polar surface area (TPSA) is 12.2 Å². The van der Waals surface area contributed by atoms with Gasteiger partial charge in [0.2, 0.25) is 0 Å². The van der Waals surface area contributed by atoms with Crippen LogP contribution in [0.4, 0.5) is 0 Å².